The van der Waals surface area contributed by atoms with E-state index in [9.17, 15) is 4.79 Å². The highest BCUT2D eigenvalue weighted by molar-refractivity contribution is 6.31. The summed E-state index contributed by atoms with van der Waals surface area (Å²) >= 11 is 5.93. The van der Waals surface area contributed by atoms with Crippen molar-refractivity contribution in [2.75, 3.05) is 0 Å². The summed E-state index contributed by atoms with van der Waals surface area (Å²) in [4.78, 5) is 15.5. The molecule has 1 aromatic heterocycles. The Kier molecular flexibility index (Phi) is 7.50. The first-order valence-electron chi connectivity index (χ1n) is 8.13. The molecule has 0 atom stereocenters. The van der Waals surface area contributed by atoms with Gasteiger partial charge in [-0.2, -0.15) is 0 Å². The molecule has 4 heteroatoms. The Labute approximate surface area is 144 Å². The summed E-state index contributed by atoms with van der Waals surface area (Å²) in [6, 6.07) is 6.47. The number of hydrogen-bond acceptors (Lipinski definition) is 2. The number of rotatable bonds is 4. The summed E-state index contributed by atoms with van der Waals surface area (Å²) in [5.41, 5.74) is 3.17. The van der Waals surface area contributed by atoms with E-state index < -0.39 is 0 Å². The smallest absolute Gasteiger partial charge is 0.177 e. The molecule has 0 bridgehead atoms. The van der Waals surface area contributed by atoms with Gasteiger partial charge in [-0.3, -0.25) is 4.79 Å². The number of ketones is 1. The molecule has 0 aliphatic heterocycles. The van der Waals surface area contributed by atoms with Crippen molar-refractivity contribution in [3.8, 4) is 0 Å². The monoisotopic (exact) mass is 334 g/mol. The van der Waals surface area contributed by atoms with Crippen LogP contribution in [0.3, 0.4) is 0 Å². The molecule has 0 aliphatic rings. The molecule has 1 heterocycles. The molecule has 0 amide bonds. The minimum atomic E-state index is 0.0842. The maximum absolute atomic E-state index is 11.2. The third-order valence-electron chi connectivity index (χ3n) is 3.66. The number of halogens is 1. The number of imidazole rings is 1. The minimum Gasteiger partial charge on any atom is -0.323 e. The van der Waals surface area contributed by atoms with Crippen LogP contribution in [0, 0.1) is 6.92 Å². The molecule has 0 saturated carbocycles. The molecule has 0 saturated heterocycles. The van der Waals surface area contributed by atoms with E-state index in [0.29, 0.717) is 11.7 Å². The first kappa shape index (κ1) is 19.4. The number of carbonyl (C=O) groups excluding carboxylic acids is 1. The maximum atomic E-state index is 11.2. The number of nitrogens with zero attached hydrogens (tertiary/aromatic N) is 2. The van der Waals surface area contributed by atoms with Crippen molar-refractivity contribution in [3.05, 3.63) is 52.1 Å². The van der Waals surface area contributed by atoms with E-state index in [0.717, 1.165) is 23.7 Å². The van der Waals surface area contributed by atoms with Gasteiger partial charge in [-0.1, -0.05) is 37.6 Å². The second-order valence-corrected chi connectivity index (χ2v) is 6.29. The zero-order valence-electron chi connectivity index (χ0n) is 15.0. The van der Waals surface area contributed by atoms with E-state index in [-0.39, 0.29) is 5.78 Å². The van der Waals surface area contributed by atoms with E-state index >= 15 is 0 Å². The molecule has 3 nitrogen and oxygen atoms in total. The number of benzene rings is 1. The fraction of sp³-hybridized carbons (Fsp3) is 0.474. The van der Waals surface area contributed by atoms with Crippen LogP contribution < -0.4 is 0 Å². The van der Waals surface area contributed by atoms with Crippen LogP contribution in [0.5, 0.6) is 0 Å². The topological polar surface area (TPSA) is 34.9 Å². The summed E-state index contributed by atoms with van der Waals surface area (Å²) < 4.78 is 2.00. The average Bonchev–Trinajstić information content (AvgIpc) is 2.92. The lowest BCUT2D eigenvalue weighted by molar-refractivity contribution is 0.100. The van der Waals surface area contributed by atoms with Crippen molar-refractivity contribution in [1.82, 2.24) is 9.55 Å². The minimum absolute atomic E-state index is 0.0842. The predicted octanol–water partition coefficient (Wildman–Crippen LogP) is 5.44. The molecule has 0 fully saturated rings. The Balaban J connectivity index is 0.000000238. The van der Waals surface area contributed by atoms with Crippen molar-refractivity contribution < 1.29 is 4.79 Å². The summed E-state index contributed by atoms with van der Waals surface area (Å²) in [5, 5.41) is 0.891. The van der Waals surface area contributed by atoms with E-state index in [4.69, 9.17) is 11.6 Å². The van der Waals surface area contributed by atoms with Gasteiger partial charge in [-0.25, -0.2) is 4.98 Å². The third kappa shape index (κ3) is 5.21. The van der Waals surface area contributed by atoms with Gasteiger partial charge >= 0.3 is 0 Å². The lowest BCUT2D eigenvalue weighted by atomic mass is 10.1. The molecule has 0 N–H and O–H groups in total. The summed E-state index contributed by atoms with van der Waals surface area (Å²) in [6.45, 7) is 11.9. The van der Waals surface area contributed by atoms with Crippen LogP contribution in [-0.2, 0) is 12.8 Å². The highest BCUT2D eigenvalue weighted by Gasteiger charge is 2.13. The van der Waals surface area contributed by atoms with Crippen molar-refractivity contribution in [2.45, 2.75) is 60.4 Å². The third-order valence-corrected chi connectivity index (χ3v) is 4.01. The van der Waals surface area contributed by atoms with Crippen LogP contribution in [0.15, 0.2) is 24.4 Å². The Bertz CT molecular complexity index is 659. The lowest BCUT2D eigenvalue weighted by Gasteiger charge is -2.13. The lowest BCUT2D eigenvalue weighted by Crippen LogP contribution is -2.11. The van der Waals surface area contributed by atoms with E-state index in [1.54, 1.807) is 13.1 Å². The number of aromatic nitrogens is 2. The van der Waals surface area contributed by atoms with Gasteiger partial charge < -0.3 is 4.57 Å². The summed E-state index contributed by atoms with van der Waals surface area (Å²) in [6.07, 6.45) is 3.55. The van der Waals surface area contributed by atoms with E-state index in [2.05, 4.69) is 37.9 Å². The van der Waals surface area contributed by atoms with Crippen LogP contribution in [0.25, 0.3) is 0 Å². The number of Topliss-reactive ketones (excluding diaryl/α,β-unsaturated/α-hetero) is 1. The van der Waals surface area contributed by atoms with Crippen LogP contribution in [0.2, 0.25) is 5.02 Å². The second kappa shape index (κ2) is 8.88. The van der Waals surface area contributed by atoms with Crippen LogP contribution in [0.4, 0.5) is 0 Å². The number of hydrogen-bond donors (Lipinski definition) is 0. The SMILES string of the molecule is CCc1ccc(C)cc1Cl.CCc1ncc(C(C)=O)n1C(C)C. The van der Waals surface area contributed by atoms with Gasteiger partial charge in [0, 0.05) is 24.4 Å². The molecule has 0 spiro atoms. The molecule has 0 unspecified atom stereocenters. The van der Waals surface area contributed by atoms with Crippen LogP contribution in [0.1, 0.15) is 68.1 Å². The Morgan fingerprint density at radius 2 is 1.91 bits per heavy atom. The zero-order valence-corrected chi connectivity index (χ0v) is 15.7. The van der Waals surface area contributed by atoms with E-state index in [1.807, 2.05) is 24.5 Å². The largest absolute Gasteiger partial charge is 0.323 e. The molecule has 126 valence electrons. The van der Waals surface area contributed by atoms with Crippen molar-refractivity contribution >= 4 is 17.4 Å². The standard InChI is InChI=1S/C10H16N2O.C9H11Cl/c1-5-10-11-6-9(8(4)13)12(10)7(2)3;1-3-8-5-4-7(2)6-9(8)10/h6-7H,5H2,1-4H3;4-6H,3H2,1-2H3. The Morgan fingerprint density at radius 1 is 1.26 bits per heavy atom. The quantitative estimate of drug-likeness (QED) is 0.698. The van der Waals surface area contributed by atoms with Gasteiger partial charge in [0.05, 0.1) is 6.20 Å². The first-order valence-corrected chi connectivity index (χ1v) is 8.51. The molecule has 0 radical (unpaired) electrons. The van der Waals surface area contributed by atoms with Gasteiger partial charge in [0.15, 0.2) is 5.78 Å². The number of aryl methyl sites for hydroxylation is 3. The molecule has 23 heavy (non-hydrogen) atoms. The Morgan fingerprint density at radius 3 is 2.35 bits per heavy atom. The molecular weight excluding hydrogens is 308 g/mol. The van der Waals surface area contributed by atoms with Gasteiger partial charge in [-0.15, -0.1) is 0 Å². The average molecular weight is 335 g/mol. The van der Waals surface area contributed by atoms with Crippen molar-refractivity contribution in [3.63, 3.8) is 0 Å². The zero-order chi connectivity index (χ0) is 17.6. The maximum Gasteiger partial charge on any atom is 0.177 e. The fourth-order valence-corrected chi connectivity index (χ4v) is 2.81. The summed E-state index contributed by atoms with van der Waals surface area (Å²) in [7, 11) is 0. The van der Waals surface area contributed by atoms with Gasteiger partial charge in [0.1, 0.15) is 11.5 Å². The van der Waals surface area contributed by atoms with Crippen LogP contribution >= 0.6 is 11.6 Å². The molecule has 2 rings (SSSR count). The van der Waals surface area contributed by atoms with Gasteiger partial charge in [-0.05, 0) is 44.4 Å². The second-order valence-electron chi connectivity index (χ2n) is 5.88. The highest BCUT2D eigenvalue weighted by atomic mass is 35.5. The van der Waals surface area contributed by atoms with Crippen molar-refractivity contribution in [1.29, 1.82) is 0 Å². The van der Waals surface area contributed by atoms with E-state index in [1.165, 1.54) is 11.1 Å². The van der Waals surface area contributed by atoms with Crippen LogP contribution in [-0.4, -0.2) is 15.3 Å². The molecular formula is C19H27ClN2O. The highest BCUT2D eigenvalue weighted by Crippen LogP contribution is 2.17. The fourth-order valence-electron chi connectivity index (χ4n) is 2.44. The normalized spacial score (nSPS) is 10.4. The Hall–Kier alpha value is -1.61. The van der Waals surface area contributed by atoms with Crippen molar-refractivity contribution in [2.24, 2.45) is 0 Å². The molecule has 0 aliphatic carbocycles. The van der Waals surface area contributed by atoms with Gasteiger partial charge in [0.25, 0.3) is 0 Å². The first-order chi connectivity index (χ1) is 10.8. The predicted molar refractivity (Wildman–Crippen MR) is 97.6 cm³/mol. The molecule has 2 aromatic rings. The number of carbonyl (C=O) groups is 1. The molecule has 1 aromatic carbocycles. The van der Waals surface area contributed by atoms with Gasteiger partial charge in [0.2, 0.25) is 0 Å². The summed E-state index contributed by atoms with van der Waals surface area (Å²) in [5.74, 6) is 1.07.